The Morgan fingerprint density at radius 2 is 1.57 bits per heavy atom. The van der Waals surface area contributed by atoms with Crippen LogP contribution in [0.5, 0.6) is 0 Å². The summed E-state index contributed by atoms with van der Waals surface area (Å²) in [6.45, 7) is 8.38. The fourth-order valence-corrected chi connectivity index (χ4v) is 5.52. The molecule has 0 atom stereocenters. The standard InChI is InChI=1S/C26H24N6OS2/c1-16-22(26(2,3)4)28-24(35-16)30-29-21-20(18-13-9-6-10-14-18)31-32(23(21)33)25-27-19(15-34-25)17-11-7-5-8-12-17/h5-15,31H,1-4H3. The van der Waals surface area contributed by atoms with Crippen LogP contribution in [0.15, 0.2) is 81.1 Å². The van der Waals surface area contributed by atoms with Crippen molar-refractivity contribution in [1.29, 1.82) is 0 Å². The number of aryl methyl sites for hydroxylation is 1. The Bertz CT molecular complexity index is 1550. The first-order valence-electron chi connectivity index (χ1n) is 11.1. The normalized spacial score (nSPS) is 12.0. The van der Waals surface area contributed by atoms with Crippen molar-refractivity contribution >= 4 is 33.5 Å². The van der Waals surface area contributed by atoms with E-state index >= 15 is 0 Å². The van der Waals surface area contributed by atoms with Crippen molar-refractivity contribution in [2.45, 2.75) is 33.1 Å². The number of aromatic nitrogens is 4. The number of H-pyrrole nitrogens is 1. The van der Waals surface area contributed by atoms with Crippen molar-refractivity contribution in [2.75, 3.05) is 0 Å². The third kappa shape index (κ3) is 4.65. The van der Waals surface area contributed by atoms with Crippen LogP contribution >= 0.6 is 22.7 Å². The van der Waals surface area contributed by atoms with Crippen LogP contribution in [0.3, 0.4) is 0 Å². The van der Waals surface area contributed by atoms with E-state index in [1.807, 2.05) is 73.0 Å². The monoisotopic (exact) mass is 500 g/mol. The molecule has 0 radical (unpaired) electrons. The summed E-state index contributed by atoms with van der Waals surface area (Å²) >= 11 is 2.86. The summed E-state index contributed by atoms with van der Waals surface area (Å²) in [6.07, 6.45) is 0. The van der Waals surface area contributed by atoms with E-state index < -0.39 is 0 Å². The van der Waals surface area contributed by atoms with E-state index in [9.17, 15) is 4.79 Å². The third-order valence-electron chi connectivity index (χ3n) is 5.41. The highest BCUT2D eigenvalue weighted by Crippen LogP contribution is 2.34. The molecule has 0 saturated heterocycles. The van der Waals surface area contributed by atoms with Gasteiger partial charge in [-0.1, -0.05) is 92.8 Å². The lowest BCUT2D eigenvalue weighted by Gasteiger charge is -2.15. The van der Waals surface area contributed by atoms with E-state index in [2.05, 4.69) is 46.1 Å². The van der Waals surface area contributed by atoms with Gasteiger partial charge in [-0.25, -0.2) is 9.97 Å². The number of hydrogen-bond donors (Lipinski definition) is 1. The SMILES string of the molecule is Cc1sc(N=Nc2c(-c3ccccc3)[nH]n(-c3nc(-c4ccccc4)cs3)c2=O)nc1C(C)(C)C. The first-order chi connectivity index (χ1) is 16.8. The van der Waals surface area contributed by atoms with Gasteiger partial charge in [-0.15, -0.1) is 21.6 Å². The number of rotatable bonds is 5. The number of azo groups is 1. The minimum Gasteiger partial charge on any atom is -0.286 e. The van der Waals surface area contributed by atoms with Gasteiger partial charge in [0.1, 0.15) is 0 Å². The average Bonchev–Trinajstić information content (AvgIpc) is 3.56. The van der Waals surface area contributed by atoms with E-state index in [0.717, 1.165) is 27.4 Å². The lowest BCUT2D eigenvalue weighted by molar-refractivity contribution is 0.569. The summed E-state index contributed by atoms with van der Waals surface area (Å²) < 4.78 is 1.43. The zero-order valence-corrected chi connectivity index (χ0v) is 21.4. The van der Waals surface area contributed by atoms with Crippen molar-refractivity contribution in [3.63, 3.8) is 0 Å². The maximum Gasteiger partial charge on any atom is 0.301 e. The van der Waals surface area contributed by atoms with Crippen LogP contribution in [-0.4, -0.2) is 19.7 Å². The smallest absolute Gasteiger partial charge is 0.286 e. The van der Waals surface area contributed by atoms with Gasteiger partial charge < -0.3 is 0 Å². The molecule has 0 aliphatic carbocycles. The van der Waals surface area contributed by atoms with Crippen LogP contribution in [0, 0.1) is 6.92 Å². The molecule has 176 valence electrons. The number of aromatic amines is 1. The number of nitrogens with zero attached hydrogens (tertiary/aromatic N) is 5. The van der Waals surface area contributed by atoms with Gasteiger partial charge >= 0.3 is 5.56 Å². The maximum atomic E-state index is 13.5. The summed E-state index contributed by atoms with van der Waals surface area (Å²) in [6, 6.07) is 19.5. The Morgan fingerprint density at radius 1 is 0.914 bits per heavy atom. The first-order valence-corrected chi connectivity index (χ1v) is 12.8. The van der Waals surface area contributed by atoms with Gasteiger partial charge in [-0.05, 0) is 6.92 Å². The van der Waals surface area contributed by atoms with Crippen LogP contribution in [0.4, 0.5) is 10.8 Å². The lowest BCUT2D eigenvalue weighted by Crippen LogP contribution is -2.13. The summed E-state index contributed by atoms with van der Waals surface area (Å²) in [4.78, 5) is 23.9. The van der Waals surface area contributed by atoms with Crippen LogP contribution in [0.25, 0.3) is 27.6 Å². The Balaban J connectivity index is 1.58. The van der Waals surface area contributed by atoms with Gasteiger partial charge in [-0.3, -0.25) is 9.89 Å². The van der Waals surface area contributed by atoms with Gasteiger partial charge in [0, 0.05) is 26.8 Å². The second-order valence-electron chi connectivity index (χ2n) is 9.07. The fourth-order valence-electron chi connectivity index (χ4n) is 3.78. The molecule has 5 aromatic rings. The quantitative estimate of drug-likeness (QED) is 0.254. The Labute approximate surface area is 210 Å². The second kappa shape index (κ2) is 9.16. The number of thiazole rings is 2. The molecule has 9 heteroatoms. The molecule has 0 amide bonds. The molecule has 0 unspecified atom stereocenters. The predicted molar refractivity (Wildman–Crippen MR) is 143 cm³/mol. The van der Waals surface area contributed by atoms with Gasteiger partial charge in [0.25, 0.3) is 0 Å². The second-order valence-corrected chi connectivity index (χ2v) is 11.1. The van der Waals surface area contributed by atoms with Gasteiger partial charge in [-0.2, -0.15) is 4.68 Å². The Hall–Kier alpha value is -3.69. The molecule has 3 aromatic heterocycles. The van der Waals surface area contributed by atoms with Crippen LogP contribution in [0.2, 0.25) is 0 Å². The number of benzene rings is 2. The van der Waals surface area contributed by atoms with Crippen molar-refractivity contribution in [3.8, 4) is 27.6 Å². The molecule has 0 aliphatic heterocycles. The molecule has 1 N–H and O–H groups in total. The zero-order valence-electron chi connectivity index (χ0n) is 19.8. The van der Waals surface area contributed by atoms with E-state index in [4.69, 9.17) is 0 Å². The molecule has 0 bridgehead atoms. The zero-order chi connectivity index (χ0) is 24.6. The topological polar surface area (TPSA) is 88.3 Å². The van der Waals surface area contributed by atoms with Gasteiger partial charge in [0.05, 0.1) is 17.1 Å². The maximum absolute atomic E-state index is 13.5. The largest absolute Gasteiger partial charge is 0.301 e. The summed E-state index contributed by atoms with van der Waals surface area (Å²) in [5.41, 5.74) is 4.02. The van der Waals surface area contributed by atoms with E-state index in [-0.39, 0.29) is 16.7 Å². The molecule has 0 spiro atoms. The summed E-state index contributed by atoms with van der Waals surface area (Å²) in [5, 5.41) is 15.0. The molecule has 0 fully saturated rings. The van der Waals surface area contributed by atoms with Gasteiger partial charge in [0.15, 0.2) is 5.69 Å². The first kappa shape index (κ1) is 23.1. The molecule has 3 heterocycles. The van der Waals surface area contributed by atoms with Crippen molar-refractivity contribution < 1.29 is 0 Å². The van der Waals surface area contributed by atoms with Crippen molar-refractivity contribution in [2.24, 2.45) is 10.2 Å². The molecular formula is C26H24N6OS2. The minimum atomic E-state index is -0.314. The molecule has 0 aliphatic rings. The van der Waals surface area contributed by atoms with E-state index in [1.54, 1.807) is 0 Å². The van der Waals surface area contributed by atoms with E-state index in [1.165, 1.54) is 27.4 Å². The highest BCUT2D eigenvalue weighted by atomic mass is 32.1. The molecule has 5 rings (SSSR count). The summed E-state index contributed by atoms with van der Waals surface area (Å²) in [5.74, 6) is 0. The molecule has 7 nitrogen and oxygen atoms in total. The highest BCUT2D eigenvalue weighted by molar-refractivity contribution is 7.15. The minimum absolute atomic E-state index is 0.0916. The number of nitrogens with one attached hydrogen (secondary N) is 1. The van der Waals surface area contributed by atoms with Crippen molar-refractivity contribution in [3.05, 3.63) is 87.0 Å². The Kier molecular flexibility index (Phi) is 6.04. The predicted octanol–water partition coefficient (Wildman–Crippen LogP) is 7.43. The van der Waals surface area contributed by atoms with Crippen LogP contribution in [0.1, 0.15) is 31.3 Å². The summed E-state index contributed by atoms with van der Waals surface area (Å²) in [7, 11) is 0. The van der Waals surface area contributed by atoms with Crippen LogP contribution < -0.4 is 5.56 Å². The molecular weight excluding hydrogens is 476 g/mol. The molecule has 0 saturated carbocycles. The van der Waals surface area contributed by atoms with Gasteiger partial charge in [0.2, 0.25) is 10.3 Å². The fraction of sp³-hybridized carbons (Fsp3) is 0.192. The molecule has 2 aromatic carbocycles. The Morgan fingerprint density at radius 3 is 2.20 bits per heavy atom. The molecule has 35 heavy (non-hydrogen) atoms. The van der Waals surface area contributed by atoms with E-state index in [0.29, 0.717) is 16.0 Å². The highest BCUT2D eigenvalue weighted by Gasteiger charge is 2.22. The average molecular weight is 501 g/mol. The third-order valence-corrected chi connectivity index (χ3v) is 7.09. The lowest BCUT2D eigenvalue weighted by atomic mass is 9.92. The van der Waals surface area contributed by atoms with Crippen molar-refractivity contribution in [1.82, 2.24) is 19.7 Å². The number of hydrogen-bond acceptors (Lipinski definition) is 7. The van der Waals surface area contributed by atoms with Crippen LogP contribution in [-0.2, 0) is 5.41 Å².